The van der Waals surface area contributed by atoms with Gasteiger partial charge in [-0.3, -0.25) is 0 Å². The van der Waals surface area contributed by atoms with Gasteiger partial charge in [-0.2, -0.15) is 0 Å². The summed E-state index contributed by atoms with van der Waals surface area (Å²) in [4.78, 5) is 4.77. The number of anilines is 6. The Labute approximate surface area is 386 Å². The minimum absolute atomic E-state index is 0.110. The predicted octanol–water partition coefficient (Wildman–Crippen LogP) is 17.4. The second-order valence-corrected chi connectivity index (χ2v) is 17.8. The standard InChI is InChI=1S/C63H47N3/c1-63(2)58-29-17-15-27-54(58)55-40-39-52(42-59(55)63)64(47-21-9-4-10-22-47)50-37-33-46(34-38-50)57-41-53(65(48-23-11-5-12-24-48)49-25-13-6-14-26-49)43-61-62(57)56-28-16-18-30-60(56)66(61)51-35-31-45(32-36-51)44-19-7-3-8-20-44/h3-43H,1-2H3. The lowest BCUT2D eigenvalue weighted by molar-refractivity contribution is 0.660. The molecule has 314 valence electrons. The van der Waals surface area contributed by atoms with Gasteiger partial charge in [0.05, 0.1) is 11.0 Å². The molecule has 1 aromatic heterocycles. The van der Waals surface area contributed by atoms with Gasteiger partial charge in [-0.15, -0.1) is 0 Å². The summed E-state index contributed by atoms with van der Waals surface area (Å²) in [5.41, 5.74) is 20.0. The van der Waals surface area contributed by atoms with Crippen LogP contribution in [0.5, 0.6) is 0 Å². The van der Waals surface area contributed by atoms with E-state index in [1.54, 1.807) is 0 Å². The first-order chi connectivity index (χ1) is 32.5. The topological polar surface area (TPSA) is 11.4 Å². The van der Waals surface area contributed by atoms with Crippen LogP contribution in [-0.2, 0) is 5.41 Å². The molecule has 66 heavy (non-hydrogen) atoms. The molecule has 12 rings (SSSR count). The van der Waals surface area contributed by atoms with E-state index in [0.717, 1.165) is 56.4 Å². The van der Waals surface area contributed by atoms with Gasteiger partial charge in [0.25, 0.3) is 0 Å². The van der Waals surface area contributed by atoms with Crippen molar-refractivity contribution in [1.29, 1.82) is 0 Å². The number of aromatic nitrogens is 1. The van der Waals surface area contributed by atoms with Crippen LogP contribution in [0.2, 0.25) is 0 Å². The number of hydrogen-bond acceptors (Lipinski definition) is 2. The molecule has 0 bridgehead atoms. The van der Waals surface area contributed by atoms with E-state index in [0.29, 0.717) is 0 Å². The number of nitrogens with zero attached hydrogens (tertiary/aromatic N) is 3. The van der Waals surface area contributed by atoms with Gasteiger partial charge in [-0.05, 0) is 136 Å². The van der Waals surface area contributed by atoms with Crippen molar-refractivity contribution in [2.45, 2.75) is 19.3 Å². The molecule has 0 radical (unpaired) electrons. The zero-order valence-electron chi connectivity index (χ0n) is 37.0. The van der Waals surface area contributed by atoms with Crippen molar-refractivity contribution in [2.24, 2.45) is 0 Å². The zero-order chi connectivity index (χ0) is 44.2. The Hall–Kier alpha value is -8.40. The van der Waals surface area contributed by atoms with Crippen LogP contribution in [0.1, 0.15) is 25.0 Å². The van der Waals surface area contributed by atoms with Gasteiger partial charge in [0, 0.05) is 56.0 Å². The molecule has 1 heterocycles. The van der Waals surface area contributed by atoms with Crippen molar-refractivity contribution < 1.29 is 0 Å². The first kappa shape index (κ1) is 39.2. The van der Waals surface area contributed by atoms with Gasteiger partial charge in [-0.25, -0.2) is 0 Å². The Morgan fingerprint density at radius 3 is 1.45 bits per heavy atom. The van der Waals surface area contributed by atoms with Crippen LogP contribution in [-0.4, -0.2) is 4.57 Å². The third-order valence-corrected chi connectivity index (χ3v) is 13.6. The molecule has 0 saturated carbocycles. The lowest BCUT2D eigenvalue weighted by atomic mass is 9.82. The van der Waals surface area contributed by atoms with Crippen LogP contribution >= 0.6 is 0 Å². The molecule has 0 atom stereocenters. The van der Waals surface area contributed by atoms with E-state index >= 15 is 0 Å². The highest BCUT2D eigenvalue weighted by Gasteiger charge is 2.35. The van der Waals surface area contributed by atoms with Crippen molar-refractivity contribution in [3.63, 3.8) is 0 Å². The van der Waals surface area contributed by atoms with E-state index < -0.39 is 0 Å². The maximum Gasteiger partial charge on any atom is 0.0568 e. The summed E-state index contributed by atoms with van der Waals surface area (Å²) in [6, 6.07) is 90.5. The summed E-state index contributed by atoms with van der Waals surface area (Å²) >= 11 is 0. The monoisotopic (exact) mass is 845 g/mol. The Bertz CT molecular complexity index is 3480. The molecule has 0 spiro atoms. The molecule has 0 aliphatic heterocycles. The third kappa shape index (κ3) is 6.59. The Morgan fingerprint density at radius 1 is 0.318 bits per heavy atom. The fourth-order valence-corrected chi connectivity index (χ4v) is 10.4. The second kappa shape index (κ2) is 16.0. The number of para-hydroxylation sites is 4. The lowest BCUT2D eigenvalue weighted by Gasteiger charge is -2.28. The van der Waals surface area contributed by atoms with E-state index in [2.05, 4.69) is 277 Å². The molecule has 3 heteroatoms. The Morgan fingerprint density at radius 2 is 0.803 bits per heavy atom. The highest BCUT2D eigenvalue weighted by molar-refractivity contribution is 6.17. The first-order valence-electron chi connectivity index (χ1n) is 22.8. The minimum Gasteiger partial charge on any atom is -0.310 e. The number of fused-ring (bicyclic) bond motifs is 6. The average molecular weight is 846 g/mol. The zero-order valence-corrected chi connectivity index (χ0v) is 37.0. The van der Waals surface area contributed by atoms with Gasteiger partial charge in [0.2, 0.25) is 0 Å². The predicted molar refractivity (Wildman–Crippen MR) is 279 cm³/mol. The van der Waals surface area contributed by atoms with E-state index in [-0.39, 0.29) is 5.41 Å². The van der Waals surface area contributed by atoms with Crippen molar-refractivity contribution in [2.75, 3.05) is 9.80 Å². The van der Waals surface area contributed by atoms with Crippen LogP contribution < -0.4 is 9.80 Å². The molecule has 0 amide bonds. The summed E-state index contributed by atoms with van der Waals surface area (Å²) < 4.78 is 2.44. The molecular formula is C63H47N3. The molecule has 11 aromatic rings. The summed E-state index contributed by atoms with van der Waals surface area (Å²) in [5, 5.41) is 2.43. The maximum absolute atomic E-state index is 2.44. The highest BCUT2D eigenvalue weighted by atomic mass is 15.1. The van der Waals surface area contributed by atoms with Gasteiger partial charge >= 0.3 is 0 Å². The molecular weight excluding hydrogens is 799 g/mol. The number of rotatable bonds is 9. The quantitative estimate of drug-likeness (QED) is 0.143. The minimum atomic E-state index is -0.110. The van der Waals surface area contributed by atoms with Crippen LogP contribution in [0.3, 0.4) is 0 Å². The summed E-state index contributed by atoms with van der Waals surface area (Å²) in [7, 11) is 0. The highest BCUT2D eigenvalue weighted by Crippen LogP contribution is 2.51. The summed E-state index contributed by atoms with van der Waals surface area (Å²) in [5.74, 6) is 0. The SMILES string of the molecule is CC1(C)c2ccccc2-c2ccc(N(c3ccccc3)c3ccc(-c4cc(N(c5ccccc5)c5ccccc5)cc5c4c4ccccc4n5-c4ccc(-c5ccccc5)cc4)cc3)cc21. The smallest absolute Gasteiger partial charge is 0.0568 e. The van der Waals surface area contributed by atoms with E-state index in [1.165, 1.54) is 49.7 Å². The average Bonchev–Trinajstić information content (AvgIpc) is 3.83. The molecule has 3 nitrogen and oxygen atoms in total. The third-order valence-electron chi connectivity index (χ3n) is 13.6. The normalized spacial score (nSPS) is 12.5. The van der Waals surface area contributed by atoms with Crippen molar-refractivity contribution in [1.82, 2.24) is 4.57 Å². The molecule has 0 N–H and O–H groups in total. The van der Waals surface area contributed by atoms with Crippen LogP contribution in [0.15, 0.2) is 249 Å². The summed E-state index contributed by atoms with van der Waals surface area (Å²) in [6.07, 6.45) is 0. The lowest BCUT2D eigenvalue weighted by Crippen LogP contribution is -2.16. The molecule has 0 unspecified atom stereocenters. The molecule has 1 aliphatic rings. The van der Waals surface area contributed by atoms with Gasteiger partial charge in [-0.1, -0.05) is 172 Å². The maximum atomic E-state index is 2.44. The van der Waals surface area contributed by atoms with E-state index in [9.17, 15) is 0 Å². The largest absolute Gasteiger partial charge is 0.310 e. The number of hydrogen-bond donors (Lipinski definition) is 0. The fourth-order valence-electron chi connectivity index (χ4n) is 10.4. The van der Waals surface area contributed by atoms with Crippen LogP contribution in [0, 0.1) is 0 Å². The van der Waals surface area contributed by atoms with Crippen molar-refractivity contribution in [3.05, 3.63) is 260 Å². The van der Waals surface area contributed by atoms with Gasteiger partial charge in [0.15, 0.2) is 0 Å². The summed E-state index contributed by atoms with van der Waals surface area (Å²) in [6.45, 7) is 4.71. The van der Waals surface area contributed by atoms with E-state index in [4.69, 9.17) is 0 Å². The molecule has 0 fully saturated rings. The number of benzene rings is 10. The molecule has 10 aromatic carbocycles. The Kier molecular flexibility index (Phi) is 9.50. The van der Waals surface area contributed by atoms with E-state index in [1.807, 2.05) is 0 Å². The van der Waals surface area contributed by atoms with Crippen molar-refractivity contribution in [3.8, 4) is 39.1 Å². The molecule has 0 saturated heterocycles. The van der Waals surface area contributed by atoms with Gasteiger partial charge in [0.1, 0.15) is 0 Å². The second-order valence-electron chi connectivity index (χ2n) is 17.8. The first-order valence-corrected chi connectivity index (χ1v) is 22.8. The molecule has 1 aliphatic carbocycles. The van der Waals surface area contributed by atoms with Crippen molar-refractivity contribution >= 4 is 55.9 Å². The Balaban J connectivity index is 1.05. The fraction of sp³-hybridized carbons (Fsp3) is 0.0476. The van der Waals surface area contributed by atoms with Crippen LogP contribution in [0.25, 0.3) is 60.9 Å². The van der Waals surface area contributed by atoms with Gasteiger partial charge < -0.3 is 14.4 Å². The van der Waals surface area contributed by atoms with Crippen LogP contribution in [0.4, 0.5) is 34.1 Å².